The molecular formula is C18H16N4O3. The molecule has 0 bridgehead atoms. The molecule has 2 heterocycles. The van der Waals surface area contributed by atoms with E-state index >= 15 is 0 Å². The van der Waals surface area contributed by atoms with Gasteiger partial charge in [-0.3, -0.25) is 20.1 Å². The number of pyridine rings is 1. The van der Waals surface area contributed by atoms with E-state index in [0.29, 0.717) is 17.2 Å². The predicted molar refractivity (Wildman–Crippen MR) is 92.7 cm³/mol. The smallest absolute Gasteiger partial charge is 0.332 e. The van der Waals surface area contributed by atoms with E-state index in [-0.39, 0.29) is 5.70 Å². The van der Waals surface area contributed by atoms with Crippen LogP contribution in [-0.2, 0) is 14.3 Å². The Balaban J connectivity index is 2.09. The molecule has 7 heteroatoms. The van der Waals surface area contributed by atoms with Crippen LogP contribution >= 0.6 is 0 Å². The van der Waals surface area contributed by atoms with Crippen molar-refractivity contribution < 1.29 is 14.3 Å². The Morgan fingerprint density at radius 3 is 2.60 bits per heavy atom. The van der Waals surface area contributed by atoms with Crippen molar-refractivity contribution >= 4 is 23.4 Å². The summed E-state index contributed by atoms with van der Waals surface area (Å²) >= 11 is 0. The molecular weight excluding hydrogens is 320 g/mol. The minimum atomic E-state index is -0.642. The highest BCUT2D eigenvalue weighted by atomic mass is 16.5. The minimum Gasteiger partial charge on any atom is -0.466 e. The Labute approximate surface area is 144 Å². The van der Waals surface area contributed by atoms with Gasteiger partial charge in [0.2, 0.25) is 0 Å². The van der Waals surface area contributed by atoms with Crippen LogP contribution in [0.15, 0.2) is 65.5 Å². The molecule has 0 atom stereocenters. The van der Waals surface area contributed by atoms with Crippen molar-refractivity contribution in [3.05, 3.63) is 71.7 Å². The number of amidine groups is 1. The van der Waals surface area contributed by atoms with Crippen molar-refractivity contribution in [1.29, 1.82) is 0 Å². The fraction of sp³-hybridized carbons (Fsp3) is 0.111. The highest BCUT2D eigenvalue weighted by Gasteiger charge is 2.31. The molecule has 25 heavy (non-hydrogen) atoms. The third-order valence-corrected chi connectivity index (χ3v) is 3.58. The average molecular weight is 336 g/mol. The quantitative estimate of drug-likeness (QED) is 0.682. The number of benzene rings is 1. The predicted octanol–water partition coefficient (Wildman–Crippen LogP) is 1.74. The molecule has 0 spiro atoms. The minimum absolute atomic E-state index is 0.0205. The van der Waals surface area contributed by atoms with Crippen LogP contribution in [-0.4, -0.2) is 29.8 Å². The summed E-state index contributed by atoms with van der Waals surface area (Å²) in [4.78, 5) is 30.1. The van der Waals surface area contributed by atoms with Crippen LogP contribution in [0, 0.1) is 6.92 Å². The number of rotatable bonds is 3. The lowest BCUT2D eigenvalue weighted by Crippen LogP contribution is -2.46. The zero-order valence-corrected chi connectivity index (χ0v) is 13.8. The molecule has 2 aromatic rings. The molecule has 0 saturated carbocycles. The Morgan fingerprint density at radius 1 is 1.20 bits per heavy atom. The summed E-state index contributed by atoms with van der Waals surface area (Å²) in [5.41, 5.74) is 4.85. The van der Waals surface area contributed by atoms with Gasteiger partial charge in [-0.05, 0) is 31.2 Å². The van der Waals surface area contributed by atoms with E-state index in [9.17, 15) is 9.59 Å². The second kappa shape index (κ2) is 6.96. The number of hydrogen-bond acceptors (Lipinski definition) is 6. The maximum absolute atomic E-state index is 12.9. The van der Waals surface area contributed by atoms with Crippen LogP contribution in [0.25, 0.3) is 0 Å². The first kappa shape index (κ1) is 16.4. The van der Waals surface area contributed by atoms with E-state index < -0.39 is 11.9 Å². The maximum atomic E-state index is 12.9. The molecule has 0 aliphatic carbocycles. The number of hydrogen-bond donors (Lipinski definition) is 1. The lowest BCUT2D eigenvalue weighted by Gasteiger charge is -2.28. The van der Waals surface area contributed by atoms with Crippen molar-refractivity contribution in [3.63, 3.8) is 0 Å². The first-order chi connectivity index (χ1) is 12.1. The van der Waals surface area contributed by atoms with Crippen molar-refractivity contribution in [2.75, 3.05) is 12.0 Å². The van der Waals surface area contributed by atoms with Gasteiger partial charge in [0, 0.05) is 6.20 Å². The Hall–Kier alpha value is -3.48. The first-order valence-electron chi connectivity index (χ1n) is 7.56. The molecule has 1 aromatic carbocycles. The number of aromatic nitrogens is 1. The molecule has 7 nitrogen and oxygen atoms in total. The molecule has 0 unspecified atom stereocenters. The van der Waals surface area contributed by atoms with Gasteiger partial charge < -0.3 is 4.74 Å². The number of carbonyl (C=O) groups excluding carboxylic acids is 2. The maximum Gasteiger partial charge on any atom is 0.332 e. The van der Waals surface area contributed by atoms with Crippen LogP contribution in [0.5, 0.6) is 0 Å². The number of carbonyl (C=O) groups is 2. The van der Waals surface area contributed by atoms with E-state index in [1.807, 2.05) is 37.3 Å². The normalized spacial score (nSPS) is 15.6. The number of nitrogens with one attached hydrogen (secondary N) is 1. The second-order valence-electron chi connectivity index (χ2n) is 5.32. The van der Waals surface area contributed by atoms with Crippen LogP contribution in [0.3, 0.4) is 0 Å². The van der Waals surface area contributed by atoms with Gasteiger partial charge in [0.25, 0.3) is 5.91 Å². The number of ether oxygens (including phenoxy) is 1. The molecule has 3 rings (SSSR count). The zero-order chi connectivity index (χ0) is 17.8. The van der Waals surface area contributed by atoms with Crippen LogP contribution in [0.4, 0.5) is 5.69 Å². The molecule has 126 valence electrons. The molecule has 1 aromatic heterocycles. The number of anilines is 1. The van der Waals surface area contributed by atoms with Crippen molar-refractivity contribution in [2.45, 2.75) is 6.92 Å². The summed E-state index contributed by atoms with van der Waals surface area (Å²) in [7, 11) is 1.24. The van der Waals surface area contributed by atoms with Gasteiger partial charge in [0.05, 0.1) is 18.9 Å². The second-order valence-corrected chi connectivity index (χ2v) is 5.32. The van der Waals surface area contributed by atoms with Crippen molar-refractivity contribution in [3.8, 4) is 0 Å². The molecule has 0 saturated heterocycles. The summed E-state index contributed by atoms with van der Waals surface area (Å²) in [6, 6.07) is 12.8. The number of hydrazone groups is 1. The van der Waals surface area contributed by atoms with Gasteiger partial charge in [-0.1, -0.05) is 23.8 Å². The Morgan fingerprint density at radius 2 is 1.96 bits per heavy atom. The SMILES string of the molecule is COC(=O)/C=C1/NN=C(c2ccccn2)N(c2ccc(C)cc2)C1=O. The van der Waals surface area contributed by atoms with E-state index in [1.165, 1.54) is 12.0 Å². The van der Waals surface area contributed by atoms with Crippen molar-refractivity contribution in [2.24, 2.45) is 5.10 Å². The number of methoxy groups -OCH3 is 1. The third-order valence-electron chi connectivity index (χ3n) is 3.58. The Bertz CT molecular complexity index is 858. The van der Waals surface area contributed by atoms with E-state index in [4.69, 9.17) is 0 Å². The highest BCUT2D eigenvalue weighted by molar-refractivity contribution is 6.28. The third kappa shape index (κ3) is 3.40. The highest BCUT2D eigenvalue weighted by Crippen LogP contribution is 2.22. The average Bonchev–Trinajstić information content (AvgIpc) is 2.64. The van der Waals surface area contributed by atoms with Gasteiger partial charge in [-0.2, -0.15) is 5.10 Å². The van der Waals surface area contributed by atoms with Crippen LogP contribution < -0.4 is 10.3 Å². The summed E-state index contributed by atoms with van der Waals surface area (Å²) in [5, 5.41) is 4.23. The number of aryl methyl sites for hydroxylation is 1. The van der Waals surface area contributed by atoms with Crippen LogP contribution in [0.1, 0.15) is 11.3 Å². The summed E-state index contributed by atoms with van der Waals surface area (Å²) < 4.78 is 4.58. The van der Waals surface area contributed by atoms with E-state index in [0.717, 1.165) is 11.6 Å². The van der Waals surface area contributed by atoms with Gasteiger partial charge in [0.15, 0.2) is 5.84 Å². The number of esters is 1. The molecule has 1 amide bonds. The largest absolute Gasteiger partial charge is 0.466 e. The molecule has 0 fully saturated rings. The number of amides is 1. The van der Waals surface area contributed by atoms with Crippen molar-refractivity contribution in [1.82, 2.24) is 10.4 Å². The van der Waals surface area contributed by atoms with E-state index in [1.54, 1.807) is 18.3 Å². The summed E-state index contributed by atoms with van der Waals surface area (Å²) in [5.74, 6) is -0.724. The van der Waals surface area contributed by atoms with Gasteiger partial charge in [-0.25, -0.2) is 4.79 Å². The Kier molecular flexibility index (Phi) is 4.56. The lowest BCUT2D eigenvalue weighted by molar-refractivity contribution is -0.135. The number of nitrogens with zero attached hydrogens (tertiary/aromatic N) is 3. The summed E-state index contributed by atoms with van der Waals surface area (Å²) in [6.07, 6.45) is 2.69. The zero-order valence-electron chi connectivity index (χ0n) is 13.8. The summed E-state index contributed by atoms with van der Waals surface area (Å²) in [6.45, 7) is 1.96. The fourth-order valence-electron chi connectivity index (χ4n) is 2.30. The van der Waals surface area contributed by atoms with Gasteiger partial charge >= 0.3 is 5.97 Å². The van der Waals surface area contributed by atoms with Gasteiger partial charge in [0.1, 0.15) is 11.4 Å². The molecule has 1 aliphatic heterocycles. The monoisotopic (exact) mass is 336 g/mol. The first-order valence-corrected chi connectivity index (χ1v) is 7.56. The van der Waals surface area contributed by atoms with E-state index in [2.05, 4.69) is 20.2 Å². The molecule has 1 N–H and O–H groups in total. The molecule has 1 aliphatic rings. The molecule has 0 radical (unpaired) electrons. The van der Waals surface area contributed by atoms with Crippen LogP contribution in [0.2, 0.25) is 0 Å². The lowest BCUT2D eigenvalue weighted by atomic mass is 10.1. The fourth-order valence-corrected chi connectivity index (χ4v) is 2.30. The standard InChI is InChI=1S/C18H16N4O3/c1-12-6-8-13(9-7-12)22-17(14-5-3-4-10-19-14)21-20-15(18(22)24)11-16(23)25-2/h3-11,20H,1-2H3/b15-11+. The topological polar surface area (TPSA) is 83.9 Å². The van der Waals surface area contributed by atoms with Gasteiger partial charge in [-0.15, -0.1) is 0 Å².